The zero-order valence-electron chi connectivity index (χ0n) is 27.8. The number of furan rings is 1. The second kappa shape index (κ2) is 11.0. The largest absolute Gasteiger partial charge is 0.453 e. The molecule has 0 radical (unpaired) electrons. The van der Waals surface area contributed by atoms with E-state index < -0.39 is 0 Å². The molecule has 0 aliphatic carbocycles. The fourth-order valence-electron chi connectivity index (χ4n) is 7.66. The first kappa shape index (κ1) is 29.1. The Morgan fingerprint density at radius 1 is 0.694 bits per heavy atom. The minimum atomic E-state index is -0.285. The van der Waals surface area contributed by atoms with Crippen LogP contribution in [0.2, 0.25) is 0 Å². The lowest BCUT2D eigenvalue weighted by Gasteiger charge is -2.34. The van der Waals surface area contributed by atoms with E-state index in [1.807, 2.05) is 24.3 Å². The van der Waals surface area contributed by atoms with Crippen LogP contribution in [0.25, 0.3) is 66.1 Å². The number of fused-ring (bicyclic) bond motifs is 9. The van der Waals surface area contributed by atoms with Gasteiger partial charge in [0.2, 0.25) is 0 Å². The molecule has 0 N–H and O–H groups in total. The van der Waals surface area contributed by atoms with Gasteiger partial charge in [0.15, 0.2) is 11.3 Å². The van der Waals surface area contributed by atoms with Crippen LogP contribution < -0.4 is 4.74 Å². The second-order valence-corrected chi connectivity index (χ2v) is 13.3. The number of nitrogens with zero attached hydrogens (tertiary/aromatic N) is 1. The number of rotatable bonds is 5. The van der Waals surface area contributed by atoms with E-state index in [-0.39, 0.29) is 5.41 Å². The second-order valence-electron chi connectivity index (χ2n) is 13.3. The molecule has 49 heavy (non-hydrogen) atoms. The van der Waals surface area contributed by atoms with Crippen molar-refractivity contribution >= 4 is 49.3 Å². The maximum absolute atomic E-state index is 6.67. The molecule has 0 amide bonds. The fourth-order valence-corrected chi connectivity index (χ4v) is 7.66. The summed E-state index contributed by atoms with van der Waals surface area (Å²) in [5.74, 6) is 1.69. The summed E-state index contributed by atoms with van der Waals surface area (Å²) in [4.78, 5) is 0. The Kier molecular flexibility index (Phi) is 6.53. The molecule has 1 aliphatic heterocycles. The highest BCUT2D eigenvalue weighted by Gasteiger charge is 2.36. The molecule has 0 bridgehead atoms. The minimum Gasteiger partial charge on any atom is -0.453 e. The predicted molar refractivity (Wildman–Crippen MR) is 205 cm³/mol. The first-order valence-electron chi connectivity index (χ1n) is 16.8. The Hall–Kier alpha value is -6.06. The maximum atomic E-state index is 6.67. The van der Waals surface area contributed by atoms with Gasteiger partial charge in [-0.2, -0.15) is 0 Å². The molecule has 0 unspecified atom stereocenters. The summed E-state index contributed by atoms with van der Waals surface area (Å²) in [5.41, 5.74) is 11.9. The van der Waals surface area contributed by atoms with Crippen molar-refractivity contribution < 1.29 is 9.15 Å². The predicted octanol–water partition coefficient (Wildman–Crippen LogP) is 12.9. The van der Waals surface area contributed by atoms with Crippen molar-refractivity contribution in [3.8, 4) is 28.3 Å². The third-order valence-electron chi connectivity index (χ3n) is 10.2. The maximum Gasteiger partial charge on any atom is 0.178 e. The van der Waals surface area contributed by atoms with Crippen LogP contribution in [0.3, 0.4) is 0 Å². The van der Waals surface area contributed by atoms with Crippen LogP contribution in [-0.4, -0.2) is 4.57 Å². The van der Waals surface area contributed by atoms with Crippen LogP contribution in [-0.2, 0) is 5.41 Å². The van der Waals surface area contributed by atoms with Crippen LogP contribution in [0.4, 0.5) is 0 Å². The van der Waals surface area contributed by atoms with E-state index in [2.05, 4.69) is 153 Å². The summed E-state index contributed by atoms with van der Waals surface area (Å²) in [6.07, 6.45) is 8.00. The van der Waals surface area contributed by atoms with E-state index in [1.165, 1.54) is 49.6 Å². The monoisotopic (exact) mass is 633 g/mol. The Morgan fingerprint density at radius 3 is 2.24 bits per heavy atom. The van der Waals surface area contributed by atoms with Gasteiger partial charge in [-0.1, -0.05) is 111 Å². The molecule has 0 saturated carbocycles. The van der Waals surface area contributed by atoms with E-state index in [1.54, 1.807) is 0 Å². The summed E-state index contributed by atoms with van der Waals surface area (Å²) in [6, 6.07) is 43.5. The van der Waals surface area contributed by atoms with Crippen molar-refractivity contribution in [1.82, 2.24) is 4.57 Å². The molecule has 0 atom stereocenters. The zero-order chi connectivity index (χ0) is 33.3. The lowest BCUT2D eigenvalue weighted by Crippen LogP contribution is -2.24. The molecule has 6 aromatic carbocycles. The van der Waals surface area contributed by atoms with Gasteiger partial charge < -0.3 is 13.7 Å². The van der Waals surface area contributed by atoms with Gasteiger partial charge in [-0.15, -0.1) is 0 Å². The summed E-state index contributed by atoms with van der Waals surface area (Å²) in [7, 11) is 0. The highest BCUT2D eigenvalue weighted by Crippen LogP contribution is 2.52. The third-order valence-corrected chi connectivity index (χ3v) is 10.2. The molecule has 3 nitrogen and oxygen atoms in total. The average molecular weight is 634 g/mol. The highest BCUT2D eigenvalue weighted by atomic mass is 16.5. The van der Waals surface area contributed by atoms with Crippen molar-refractivity contribution in [1.29, 1.82) is 0 Å². The number of allylic oxidation sites excluding steroid dienone is 5. The number of benzene rings is 6. The summed E-state index contributed by atoms with van der Waals surface area (Å²) in [5, 5.41) is 4.65. The Balaban J connectivity index is 1.13. The van der Waals surface area contributed by atoms with Crippen molar-refractivity contribution in [2.45, 2.75) is 26.2 Å². The zero-order valence-corrected chi connectivity index (χ0v) is 27.8. The number of hydrogen-bond donors (Lipinski definition) is 0. The van der Waals surface area contributed by atoms with Crippen LogP contribution in [0.5, 0.6) is 11.5 Å². The van der Waals surface area contributed by atoms with Crippen LogP contribution in [0, 0.1) is 0 Å². The quantitative estimate of drug-likeness (QED) is 0.176. The number of aromatic nitrogens is 1. The number of para-hydroxylation sites is 2. The third kappa shape index (κ3) is 4.43. The van der Waals surface area contributed by atoms with Crippen LogP contribution in [0.15, 0.2) is 157 Å². The average Bonchev–Trinajstić information content (AvgIpc) is 3.68. The van der Waals surface area contributed by atoms with Gasteiger partial charge in [-0.05, 0) is 83.8 Å². The van der Waals surface area contributed by atoms with E-state index in [0.29, 0.717) is 0 Å². The SMILES string of the molecule is C=C/C=C\C(=C/C)c1ccc(-n2c3ccccc3c3cc(-c4ccc5c(c4)C(C)(C)c4ccc6c(oc7ccccc76)c4O5)ccc32)cc1. The molecule has 2 aromatic heterocycles. The van der Waals surface area contributed by atoms with Crippen molar-refractivity contribution in [3.05, 3.63) is 169 Å². The van der Waals surface area contributed by atoms with E-state index in [9.17, 15) is 0 Å². The normalized spacial score (nSPS) is 14.1. The smallest absolute Gasteiger partial charge is 0.178 e. The molecular formula is C46H35NO2. The number of ether oxygens (including phenoxy) is 1. The standard InChI is InChI=1S/C46H35NO2/c1-5-7-12-29(6-2)30-17-21-33(22-18-30)47-40-15-10-8-13-34(40)37-27-31(19-25-41(37)47)32-20-26-43-39(28-32)46(3,4)38-24-23-36-35-14-9-11-16-42(35)48-44(36)45(38)49-43/h5-28H,1H2,2-4H3/b12-7-,29-6+. The molecule has 1 aliphatic rings. The highest BCUT2D eigenvalue weighted by molar-refractivity contribution is 6.11. The van der Waals surface area contributed by atoms with Gasteiger partial charge in [0.25, 0.3) is 0 Å². The summed E-state index contributed by atoms with van der Waals surface area (Å²) in [6.45, 7) is 10.4. The van der Waals surface area contributed by atoms with Crippen LogP contribution in [0.1, 0.15) is 37.5 Å². The first-order chi connectivity index (χ1) is 24.0. The minimum absolute atomic E-state index is 0.285. The van der Waals surface area contributed by atoms with Gasteiger partial charge >= 0.3 is 0 Å². The van der Waals surface area contributed by atoms with Crippen molar-refractivity contribution in [2.24, 2.45) is 0 Å². The Labute approximate surface area is 285 Å². The van der Waals surface area contributed by atoms with Gasteiger partial charge in [-0.25, -0.2) is 0 Å². The first-order valence-corrected chi connectivity index (χ1v) is 16.8. The van der Waals surface area contributed by atoms with Gasteiger partial charge in [0.1, 0.15) is 11.3 Å². The number of hydrogen-bond acceptors (Lipinski definition) is 2. The molecule has 3 heterocycles. The summed E-state index contributed by atoms with van der Waals surface area (Å²) >= 11 is 0. The molecule has 236 valence electrons. The summed E-state index contributed by atoms with van der Waals surface area (Å²) < 4.78 is 15.4. The van der Waals surface area contributed by atoms with Gasteiger partial charge in [0, 0.05) is 43.8 Å². The van der Waals surface area contributed by atoms with E-state index in [0.717, 1.165) is 44.7 Å². The van der Waals surface area contributed by atoms with Gasteiger partial charge in [-0.3, -0.25) is 0 Å². The van der Waals surface area contributed by atoms with E-state index in [4.69, 9.17) is 9.15 Å². The topological polar surface area (TPSA) is 27.3 Å². The van der Waals surface area contributed by atoms with Crippen molar-refractivity contribution in [3.63, 3.8) is 0 Å². The van der Waals surface area contributed by atoms with Crippen molar-refractivity contribution in [2.75, 3.05) is 0 Å². The lowest BCUT2D eigenvalue weighted by atomic mass is 9.75. The van der Waals surface area contributed by atoms with E-state index >= 15 is 0 Å². The molecule has 8 aromatic rings. The Bertz CT molecular complexity index is 2680. The van der Waals surface area contributed by atoms with Crippen LogP contribution >= 0.6 is 0 Å². The molecule has 0 spiro atoms. The Morgan fingerprint density at radius 2 is 1.43 bits per heavy atom. The molecule has 0 saturated heterocycles. The molecule has 3 heteroatoms. The lowest BCUT2D eigenvalue weighted by molar-refractivity contribution is 0.415. The molecule has 9 rings (SSSR count). The van der Waals surface area contributed by atoms with Gasteiger partial charge in [0.05, 0.1) is 11.0 Å². The fraction of sp³-hybridized carbons (Fsp3) is 0.0870. The molecule has 0 fully saturated rings. The molecular weight excluding hydrogens is 599 g/mol.